The van der Waals surface area contributed by atoms with Crippen LogP contribution in [0.25, 0.3) is 0 Å². The topological polar surface area (TPSA) is 67.2 Å². The predicted molar refractivity (Wildman–Crippen MR) is 70.8 cm³/mol. The van der Waals surface area contributed by atoms with Gasteiger partial charge in [-0.3, -0.25) is 10.6 Å². The van der Waals surface area contributed by atoms with Crippen LogP contribution in [0.2, 0.25) is 0 Å². The molecule has 0 aliphatic heterocycles. The van der Waals surface area contributed by atoms with Gasteiger partial charge in [0.2, 0.25) is 0 Å². The molecule has 0 radical (unpaired) electrons. The van der Waals surface area contributed by atoms with E-state index in [0.29, 0.717) is 18.0 Å². The number of hydrogen-bond donors (Lipinski definition) is 3. The maximum atomic E-state index is 11.9. The first kappa shape index (κ1) is 13.5. The van der Waals surface area contributed by atoms with Crippen LogP contribution < -0.4 is 16.6 Å². The van der Waals surface area contributed by atoms with E-state index in [9.17, 15) is 4.79 Å². The van der Waals surface area contributed by atoms with Crippen molar-refractivity contribution in [3.05, 3.63) is 29.3 Å². The monoisotopic (exact) mass is 235 g/mol. The quantitative estimate of drug-likeness (QED) is 0.540. The zero-order chi connectivity index (χ0) is 12.8. The van der Waals surface area contributed by atoms with E-state index in [2.05, 4.69) is 24.6 Å². The highest BCUT2D eigenvalue weighted by Gasteiger charge is 2.09. The molecule has 0 aliphatic rings. The van der Waals surface area contributed by atoms with Gasteiger partial charge in [0, 0.05) is 17.8 Å². The average Bonchev–Trinajstić information content (AvgIpc) is 2.35. The lowest BCUT2D eigenvalue weighted by molar-refractivity contribution is 0.0947. The molecule has 0 aliphatic carbocycles. The molecule has 0 saturated heterocycles. The average molecular weight is 235 g/mol. The summed E-state index contributed by atoms with van der Waals surface area (Å²) in [5.74, 6) is 5.79. The first-order valence-corrected chi connectivity index (χ1v) is 5.94. The molecule has 1 atom stereocenters. The Morgan fingerprint density at radius 3 is 2.71 bits per heavy atom. The van der Waals surface area contributed by atoms with Gasteiger partial charge in [0.05, 0.1) is 0 Å². The van der Waals surface area contributed by atoms with Crippen LogP contribution >= 0.6 is 0 Å². The number of anilines is 1. The van der Waals surface area contributed by atoms with Crippen LogP contribution in [0.3, 0.4) is 0 Å². The number of aryl methyl sites for hydroxylation is 1. The van der Waals surface area contributed by atoms with Crippen LogP contribution in [-0.2, 0) is 0 Å². The second-order valence-electron chi connectivity index (χ2n) is 4.40. The summed E-state index contributed by atoms with van der Waals surface area (Å²) in [6.07, 6.45) is 1.06. The van der Waals surface area contributed by atoms with Crippen molar-refractivity contribution in [2.24, 2.45) is 11.8 Å². The van der Waals surface area contributed by atoms with Gasteiger partial charge in [0.15, 0.2) is 0 Å². The second-order valence-corrected chi connectivity index (χ2v) is 4.40. The Morgan fingerprint density at radius 2 is 2.18 bits per heavy atom. The number of nitrogens with one attached hydrogen (secondary N) is 2. The summed E-state index contributed by atoms with van der Waals surface area (Å²) in [4.78, 5) is 11.9. The zero-order valence-corrected chi connectivity index (χ0v) is 10.7. The Morgan fingerprint density at radius 1 is 1.47 bits per heavy atom. The number of carbonyl (C=O) groups is 1. The number of benzene rings is 1. The second kappa shape index (κ2) is 6.25. The zero-order valence-electron chi connectivity index (χ0n) is 10.7. The Labute approximate surface area is 103 Å². The lowest BCUT2D eigenvalue weighted by Crippen LogP contribution is -2.28. The van der Waals surface area contributed by atoms with Gasteiger partial charge in [0.25, 0.3) is 5.91 Å². The van der Waals surface area contributed by atoms with Crippen molar-refractivity contribution >= 4 is 11.6 Å². The Kier molecular flexibility index (Phi) is 4.97. The number of hydrogen-bond acceptors (Lipinski definition) is 3. The van der Waals surface area contributed by atoms with E-state index in [4.69, 9.17) is 5.84 Å². The van der Waals surface area contributed by atoms with Crippen LogP contribution in [-0.4, -0.2) is 12.5 Å². The summed E-state index contributed by atoms with van der Waals surface area (Å²) in [7, 11) is 0. The van der Waals surface area contributed by atoms with Gasteiger partial charge >= 0.3 is 0 Å². The van der Waals surface area contributed by atoms with Gasteiger partial charge in [-0.15, -0.1) is 0 Å². The molecule has 94 valence electrons. The highest BCUT2D eigenvalue weighted by atomic mass is 16.1. The van der Waals surface area contributed by atoms with Crippen molar-refractivity contribution < 1.29 is 4.79 Å². The molecule has 0 bridgehead atoms. The van der Waals surface area contributed by atoms with E-state index in [1.807, 2.05) is 13.0 Å². The maximum absolute atomic E-state index is 11.9. The Bertz CT molecular complexity index is 390. The molecule has 0 fully saturated rings. The SMILES string of the molecule is CCC(C)CNC(=O)c1ccc(NN)cc1C. The third-order valence-electron chi connectivity index (χ3n) is 2.95. The minimum absolute atomic E-state index is 0.0219. The van der Waals surface area contributed by atoms with Crippen LogP contribution in [0, 0.1) is 12.8 Å². The summed E-state index contributed by atoms with van der Waals surface area (Å²) in [5, 5.41) is 2.94. The lowest BCUT2D eigenvalue weighted by atomic mass is 10.1. The van der Waals surface area contributed by atoms with Crippen LogP contribution in [0.15, 0.2) is 18.2 Å². The van der Waals surface area contributed by atoms with Crippen LogP contribution in [0.1, 0.15) is 36.2 Å². The van der Waals surface area contributed by atoms with Gasteiger partial charge in [-0.05, 0) is 36.6 Å². The number of amides is 1. The van der Waals surface area contributed by atoms with Gasteiger partial charge in [-0.1, -0.05) is 20.3 Å². The molecule has 0 saturated carbocycles. The summed E-state index contributed by atoms with van der Waals surface area (Å²) in [5.41, 5.74) is 4.99. The molecule has 4 heteroatoms. The number of nitrogen functional groups attached to an aromatic ring is 1. The van der Waals surface area contributed by atoms with E-state index in [-0.39, 0.29) is 5.91 Å². The highest BCUT2D eigenvalue weighted by molar-refractivity contribution is 5.96. The van der Waals surface area contributed by atoms with Crippen LogP contribution in [0.4, 0.5) is 5.69 Å². The molecule has 0 spiro atoms. The molecule has 1 rings (SSSR count). The molecule has 4 nitrogen and oxygen atoms in total. The number of hydrazine groups is 1. The fourth-order valence-corrected chi connectivity index (χ4v) is 1.51. The summed E-state index contributed by atoms with van der Waals surface area (Å²) in [6.45, 7) is 6.85. The number of carbonyl (C=O) groups excluding carboxylic acids is 1. The van der Waals surface area contributed by atoms with Gasteiger partial charge < -0.3 is 10.7 Å². The van der Waals surface area contributed by atoms with E-state index >= 15 is 0 Å². The largest absolute Gasteiger partial charge is 0.352 e. The summed E-state index contributed by atoms with van der Waals surface area (Å²) < 4.78 is 0. The van der Waals surface area contributed by atoms with Crippen molar-refractivity contribution in [3.63, 3.8) is 0 Å². The molecule has 0 heterocycles. The standard InChI is InChI=1S/C13H21N3O/c1-4-9(2)8-15-13(17)12-6-5-11(16-14)7-10(12)3/h5-7,9,16H,4,8,14H2,1-3H3,(H,15,17). The number of nitrogens with two attached hydrogens (primary N) is 1. The van der Waals surface area contributed by atoms with Crippen molar-refractivity contribution in [3.8, 4) is 0 Å². The molecule has 0 aromatic heterocycles. The van der Waals surface area contributed by atoms with Gasteiger partial charge in [-0.2, -0.15) is 0 Å². The fourth-order valence-electron chi connectivity index (χ4n) is 1.51. The smallest absolute Gasteiger partial charge is 0.251 e. The summed E-state index contributed by atoms with van der Waals surface area (Å²) in [6, 6.07) is 5.44. The molecule has 1 aromatic rings. The number of rotatable bonds is 5. The highest BCUT2D eigenvalue weighted by Crippen LogP contribution is 2.14. The fraction of sp³-hybridized carbons (Fsp3) is 0.462. The molecular formula is C13H21N3O. The molecule has 4 N–H and O–H groups in total. The molecule has 17 heavy (non-hydrogen) atoms. The minimum atomic E-state index is -0.0219. The van der Waals surface area contributed by atoms with Crippen molar-refractivity contribution in [1.29, 1.82) is 0 Å². The molecular weight excluding hydrogens is 214 g/mol. The van der Waals surface area contributed by atoms with Crippen LogP contribution in [0.5, 0.6) is 0 Å². The Balaban J connectivity index is 2.69. The predicted octanol–water partition coefficient (Wildman–Crippen LogP) is 2.06. The molecule has 1 amide bonds. The molecule has 1 unspecified atom stereocenters. The van der Waals surface area contributed by atoms with Crippen molar-refractivity contribution in [2.45, 2.75) is 27.2 Å². The van der Waals surface area contributed by atoms with E-state index in [1.165, 1.54) is 0 Å². The van der Waals surface area contributed by atoms with Crippen molar-refractivity contribution in [1.82, 2.24) is 5.32 Å². The first-order chi connectivity index (χ1) is 8.08. The normalized spacial score (nSPS) is 12.0. The molecule has 1 aromatic carbocycles. The summed E-state index contributed by atoms with van der Waals surface area (Å²) >= 11 is 0. The minimum Gasteiger partial charge on any atom is -0.352 e. The Hall–Kier alpha value is -1.55. The van der Waals surface area contributed by atoms with E-state index in [1.54, 1.807) is 12.1 Å². The van der Waals surface area contributed by atoms with Gasteiger partial charge in [0.1, 0.15) is 0 Å². The maximum Gasteiger partial charge on any atom is 0.251 e. The van der Waals surface area contributed by atoms with E-state index < -0.39 is 0 Å². The van der Waals surface area contributed by atoms with Crippen molar-refractivity contribution in [2.75, 3.05) is 12.0 Å². The third kappa shape index (κ3) is 3.75. The van der Waals surface area contributed by atoms with Gasteiger partial charge in [-0.25, -0.2) is 0 Å². The lowest BCUT2D eigenvalue weighted by Gasteiger charge is -2.12. The first-order valence-electron chi connectivity index (χ1n) is 5.94. The third-order valence-corrected chi connectivity index (χ3v) is 2.95. The van der Waals surface area contributed by atoms with E-state index in [0.717, 1.165) is 17.7 Å².